The zero-order valence-corrected chi connectivity index (χ0v) is 14.9. The summed E-state index contributed by atoms with van der Waals surface area (Å²) in [6, 6.07) is 9.57. The number of aromatic nitrogens is 2. The quantitative estimate of drug-likeness (QED) is 0.857. The van der Waals surface area contributed by atoms with Crippen LogP contribution in [0, 0.1) is 5.92 Å². The van der Waals surface area contributed by atoms with Crippen LogP contribution in [0.2, 0.25) is 5.02 Å². The molecule has 1 aromatic heterocycles. The molecule has 1 aliphatic heterocycles. The van der Waals surface area contributed by atoms with Crippen molar-refractivity contribution in [2.45, 2.75) is 31.3 Å². The van der Waals surface area contributed by atoms with Crippen LogP contribution in [-0.4, -0.2) is 34.7 Å². The van der Waals surface area contributed by atoms with Gasteiger partial charge in [0, 0.05) is 36.3 Å². The number of halogens is 1. The average Bonchev–Trinajstić information content (AvgIpc) is 3.46. The van der Waals surface area contributed by atoms with E-state index in [9.17, 15) is 5.11 Å². The minimum atomic E-state index is -0.866. The number of piperidine rings is 1. The molecule has 132 valence electrons. The van der Waals surface area contributed by atoms with Crippen molar-refractivity contribution in [1.29, 1.82) is 0 Å². The van der Waals surface area contributed by atoms with Crippen molar-refractivity contribution in [1.82, 2.24) is 9.97 Å². The highest BCUT2D eigenvalue weighted by Gasteiger charge is 2.35. The molecular weight excluding hydrogens is 336 g/mol. The number of aliphatic hydroxyl groups is 1. The Morgan fingerprint density at radius 1 is 1.20 bits per heavy atom. The Kier molecular flexibility index (Phi) is 4.52. The van der Waals surface area contributed by atoms with E-state index in [4.69, 9.17) is 11.6 Å². The van der Waals surface area contributed by atoms with E-state index in [-0.39, 0.29) is 0 Å². The van der Waals surface area contributed by atoms with Crippen molar-refractivity contribution in [2.24, 2.45) is 5.92 Å². The summed E-state index contributed by atoms with van der Waals surface area (Å²) in [5, 5.41) is 15.1. The number of nitrogens with zero attached hydrogens (tertiary/aromatic N) is 3. The monoisotopic (exact) mass is 358 g/mol. The van der Waals surface area contributed by atoms with E-state index < -0.39 is 5.60 Å². The minimum Gasteiger partial charge on any atom is -0.385 e. The summed E-state index contributed by atoms with van der Waals surface area (Å²) in [5.74, 6) is 2.59. The molecule has 1 aromatic carbocycles. The first-order chi connectivity index (χ1) is 12.1. The van der Waals surface area contributed by atoms with Gasteiger partial charge in [-0.3, -0.25) is 0 Å². The van der Waals surface area contributed by atoms with Gasteiger partial charge in [-0.25, -0.2) is 9.97 Å². The zero-order chi connectivity index (χ0) is 17.3. The van der Waals surface area contributed by atoms with Gasteiger partial charge in [-0.1, -0.05) is 29.8 Å². The number of hydrogen-bond acceptors (Lipinski definition) is 5. The van der Waals surface area contributed by atoms with E-state index in [1.165, 1.54) is 12.8 Å². The lowest BCUT2D eigenvalue weighted by Gasteiger charge is -2.39. The zero-order valence-electron chi connectivity index (χ0n) is 14.2. The molecule has 1 aliphatic carbocycles. The van der Waals surface area contributed by atoms with E-state index in [1.54, 1.807) is 6.33 Å². The van der Waals surface area contributed by atoms with Crippen LogP contribution in [0.15, 0.2) is 36.7 Å². The van der Waals surface area contributed by atoms with Gasteiger partial charge in [0.1, 0.15) is 18.0 Å². The highest BCUT2D eigenvalue weighted by atomic mass is 35.5. The fourth-order valence-electron chi connectivity index (χ4n) is 3.40. The smallest absolute Gasteiger partial charge is 0.134 e. The number of benzene rings is 1. The molecule has 0 bridgehead atoms. The Bertz CT molecular complexity index is 742. The number of anilines is 2. The number of rotatable bonds is 5. The SMILES string of the molecule is OC1(c2ccccc2Cl)CCN(c2cc(NCC3CC3)ncn2)CC1. The highest BCUT2D eigenvalue weighted by Crippen LogP contribution is 2.37. The second-order valence-corrected chi connectivity index (χ2v) is 7.49. The van der Waals surface area contributed by atoms with Crippen molar-refractivity contribution in [3.05, 3.63) is 47.2 Å². The summed E-state index contributed by atoms with van der Waals surface area (Å²) in [6.07, 6.45) is 5.51. The first kappa shape index (κ1) is 16.6. The maximum absolute atomic E-state index is 11.0. The Morgan fingerprint density at radius 3 is 2.68 bits per heavy atom. The van der Waals surface area contributed by atoms with Crippen molar-refractivity contribution in [3.63, 3.8) is 0 Å². The van der Waals surface area contributed by atoms with Crippen LogP contribution in [0.3, 0.4) is 0 Å². The molecule has 2 fully saturated rings. The fraction of sp³-hybridized carbons (Fsp3) is 0.474. The molecule has 2 heterocycles. The van der Waals surface area contributed by atoms with Gasteiger partial charge in [-0.2, -0.15) is 0 Å². The van der Waals surface area contributed by atoms with Gasteiger partial charge in [-0.15, -0.1) is 0 Å². The second kappa shape index (κ2) is 6.81. The van der Waals surface area contributed by atoms with Crippen LogP contribution >= 0.6 is 11.6 Å². The molecule has 0 spiro atoms. The summed E-state index contributed by atoms with van der Waals surface area (Å²) in [6.45, 7) is 2.46. The van der Waals surface area contributed by atoms with E-state index in [1.807, 2.05) is 30.3 Å². The highest BCUT2D eigenvalue weighted by molar-refractivity contribution is 6.31. The van der Waals surface area contributed by atoms with Crippen molar-refractivity contribution < 1.29 is 5.11 Å². The largest absolute Gasteiger partial charge is 0.385 e. The molecule has 25 heavy (non-hydrogen) atoms. The van der Waals surface area contributed by atoms with Crippen molar-refractivity contribution in [3.8, 4) is 0 Å². The molecule has 0 radical (unpaired) electrons. The van der Waals surface area contributed by atoms with Gasteiger partial charge >= 0.3 is 0 Å². The molecule has 1 saturated carbocycles. The van der Waals surface area contributed by atoms with Gasteiger partial charge in [0.15, 0.2) is 0 Å². The van der Waals surface area contributed by atoms with Crippen LogP contribution < -0.4 is 10.2 Å². The average molecular weight is 359 g/mol. The Balaban J connectivity index is 1.43. The van der Waals surface area contributed by atoms with Gasteiger partial charge in [0.05, 0.1) is 5.60 Å². The lowest BCUT2D eigenvalue weighted by Crippen LogP contribution is -2.43. The summed E-state index contributed by atoms with van der Waals surface area (Å²) >= 11 is 6.28. The van der Waals surface area contributed by atoms with Crippen LogP contribution in [0.1, 0.15) is 31.2 Å². The van der Waals surface area contributed by atoms with Crippen LogP contribution in [0.4, 0.5) is 11.6 Å². The van der Waals surface area contributed by atoms with Crippen LogP contribution in [0.5, 0.6) is 0 Å². The van der Waals surface area contributed by atoms with E-state index in [0.717, 1.165) is 42.8 Å². The standard InChI is InChI=1S/C19H23ClN4O/c20-16-4-2-1-3-15(16)19(25)7-9-24(10-8-19)18-11-17(22-13-23-18)21-12-14-5-6-14/h1-4,11,13-14,25H,5-10,12H2,(H,21,22,23). The fourth-order valence-corrected chi connectivity index (χ4v) is 3.71. The molecule has 1 saturated heterocycles. The number of nitrogens with one attached hydrogen (secondary N) is 1. The molecule has 2 aromatic rings. The summed E-state index contributed by atoms with van der Waals surface area (Å²) in [5.41, 5.74) is -0.0413. The normalized spacial score (nSPS) is 19.7. The van der Waals surface area contributed by atoms with Crippen molar-refractivity contribution >= 4 is 23.2 Å². The molecular formula is C19H23ClN4O. The Labute approximate surface area is 153 Å². The van der Waals surface area contributed by atoms with E-state index in [2.05, 4.69) is 20.2 Å². The lowest BCUT2D eigenvalue weighted by atomic mass is 9.84. The Hall–Kier alpha value is -1.85. The predicted molar refractivity (Wildman–Crippen MR) is 100 cm³/mol. The molecule has 2 aliphatic rings. The molecule has 2 N–H and O–H groups in total. The predicted octanol–water partition coefficient (Wildman–Crippen LogP) is 3.44. The van der Waals surface area contributed by atoms with Gasteiger partial charge < -0.3 is 15.3 Å². The number of hydrogen-bond donors (Lipinski definition) is 2. The summed E-state index contributed by atoms with van der Waals surface area (Å²) in [4.78, 5) is 10.9. The molecule has 0 amide bonds. The molecule has 6 heteroatoms. The van der Waals surface area contributed by atoms with Gasteiger partial charge in [0.2, 0.25) is 0 Å². The molecule has 0 atom stereocenters. The Morgan fingerprint density at radius 2 is 1.96 bits per heavy atom. The maximum Gasteiger partial charge on any atom is 0.134 e. The second-order valence-electron chi connectivity index (χ2n) is 7.08. The third kappa shape index (κ3) is 3.72. The first-order valence-corrected chi connectivity index (χ1v) is 9.30. The third-order valence-electron chi connectivity index (χ3n) is 5.21. The summed E-state index contributed by atoms with van der Waals surface area (Å²) < 4.78 is 0. The molecule has 0 unspecified atom stereocenters. The molecule has 4 rings (SSSR count). The van der Waals surface area contributed by atoms with Gasteiger partial charge in [-0.05, 0) is 37.7 Å². The van der Waals surface area contributed by atoms with E-state index >= 15 is 0 Å². The van der Waals surface area contributed by atoms with Crippen LogP contribution in [0.25, 0.3) is 0 Å². The molecule has 5 nitrogen and oxygen atoms in total. The summed E-state index contributed by atoms with van der Waals surface area (Å²) in [7, 11) is 0. The van der Waals surface area contributed by atoms with Crippen LogP contribution in [-0.2, 0) is 5.60 Å². The topological polar surface area (TPSA) is 61.3 Å². The third-order valence-corrected chi connectivity index (χ3v) is 5.54. The minimum absolute atomic E-state index is 0.631. The van der Waals surface area contributed by atoms with Gasteiger partial charge in [0.25, 0.3) is 0 Å². The lowest BCUT2D eigenvalue weighted by molar-refractivity contribution is 0.0117. The maximum atomic E-state index is 11.0. The first-order valence-electron chi connectivity index (χ1n) is 8.92. The van der Waals surface area contributed by atoms with Crippen molar-refractivity contribution in [2.75, 3.05) is 29.9 Å². The van der Waals surface area contributed by atoms with E-state index in [0.29, 0.717) is 17.9 Å².